The smallest absolute Gasteiger partial charge is 0.227 e. The second-order valence-electron chi connectivity index (χ2n) is 7.65. The summed E-state index contributed by atoms with van der Waals surface area (Å²) >= 11 is 3.33. The number of fused-ring (bicyclic) bond motifs is 2. The standard InChI is InChI=1S/C20H24N4OS2/c1-5-27-19-22-18-21-14-10-20(2,3)11-15(25)16(14)17(24(18)23-19)12-6-8-13(26-4)9-7-12/h6-10,16-17H,5,11H2,1-4H3,(H,21,22,23)/t16-,17-/m0/s1. The van der Waals surface area contributed by atoms with Crippen molar-refractivity contribution in [1.82, 2.24) is 14.8 Å². The van der Waals surface area contributed by atoms with Crippen LogP contribution in [0.1, 0.15) is 38.8 Å². The quantitative estimate of drug-likeness (QED) is 0.756. The number of ketones is 1. The van der Waals surface area contributed by atoms with E-state index in [4.69, 9.17) is 5.10 Å². The summed E-state index contributed by atoms with van der Waals surface area (Å²) in [5.41, 5.74) is 1.91. The van der Waals surface area contributed by atoms with Crippen LogP contribution in [0.5, 0.6) is 0 Å². The molecule has 1 aliphatic carbocycles. The van der Waals surface area contributed by atoms with Crippen LogP contribution >= 0.6 is 23.5 Å². The summed E-state index contributed by atoms with van der Waals surface area (Å²) in [6.07, 6.45) is 4.81. The molecule has 2 atom stereocenters. The van der Waals surface area contributed by atoms with Crippen LogP contribution in [0.25, 0.3) is 0 Å². The molecule has 0 radical (unpaired) electrons. The van der Waals surface area contributed by atoms with Gasteiger partial charge in [0, 0.05) is 17.0 Å². The Hall–Kier alpha value is -1.73. The largest absolute Gasteiger partial charge is 0.328 e. The van der Waals surface area contributed by atoms with Gasteiger partial charge in [-0.3, -0.25) is 4.79 Å². The Kier molecular flexibility index (Phi) is 4.84. The lowest BCUT2D eigenvalue weighted by Gasteiger charge is -2.40. The average Bonchev–Trinajstić information content (AvgIpc) is 3.01. The molecule has 1 aromatic carbocycles. The second kappa shape index (κ2) is 7.02. The molecule has 142 valence electrons. The molecule has 1 aromatic heterocycles. The molecular weight excluding hydrogens is 376 g/mol. The average molecular weight is 401 g/mol. The number of thioether (sulfide) groups is 2. The first kappa shape index (κ1) is 18.6. The molecule has 0 fully saturated rings. The number of rotatable bonds is 4. The number of nitrogens with zero attached hydrogens (tertiary/aromatic N) is 3. The molecular formula is C20H24N4OS2. The van der Waals surface area contributed by atoms with Crippen LogP contribution in [0.3, 0.4) is 0 Å². The summed E-state index contributed by atoms with van der Waals surface area (Å²) in [6, 6.07) is 8.29. The highest BCUT2D eigenvalue weighted by Crippen LogP contribution is 2.45. The van der Waals surface area contributed by atoms with Crippen molar-refractivity contribution in [3.8, 4) is 0 Å². The zero-order chi connectivity index (χ0) is 19.2. The molecule has 5 nitrogen and oxygen atoms in total. The molecule has 0 spiro atoms. The van der Waals surface area contributed by atoms with Crippen molar-refractivity contribution in [3.05, 3.63) is 41.6 Å². The lowest BCUT2D eigenvalue weighted by Crippen LogP contribution is -2.42. The van der Waals surface area contributed by atoms with E-state index in [1.165, 1.54) is 4.90 Å². The van der Waals surface area contributed by atoms with Crippen LogP contribution < -0.4 is 5.32 Å². The summed E-state index contributed by atoms with van der Waals surface area (Å²) in [5, 5.41) is 8.87. The summed E-state index contributed by atoms with van der Waals surface area (Å²) < 4.78 is 1.91. The van der Waals surface area contributed by atoms with E-state index in [2.05, 4.69) is 67.7 Å². The fourth-order valence-corrected chi connectivity index (χ4v) is 4.90. The van der Waals surface area contributed by atoms with Gasteiger partial charge >= 0.3 is 0 Å². The molecule has 0 amide bonds. The maximum absolute atomic E-state index is 13.1. The predicted octanol–water partition coefficient (Wildman–Crippen LogP) is 4.63. The first-order valence-corrected chi connectivity index (χ1v) is 11.4. The van der Waals surface area contributed by atoms with E-state index in [1.807, 2.05) is 4.68 Å². The van der Waals surface area contributed by atoms with Crippen LogP contribution in [0, 0.1) is 11.3 Å². The Morgan fingerprint density at radius 1 is 1.30 bits per heavy atom. The van der Waals surface area contributed by atoms with E-state index in [-0.39, 0.29) is 23.2 Å². The van der Waals surface area contributed by atoms with Gasteiger partial charge in [0.2, 0.25) is 11.1 Å². The van der Waals surface area contributed by atoms with Crippen molar-refractivity contribution in [2.75, 3.05) is 17.3 Å². The first-order valence-electron chi connectivity index (χ1n) is 9.17. The minimum atomic E-state index is -0.244. The maximum atomic E-state index is 13.1. The van der Waals surface area contributed by atoms with Gasteiger partial charge < -0.3 is 5.32 Å². The van der Waals surface area contributed by atoms with E-state index in [9.17, 15) is 4.79 Å². The van der Waals surface area contributed by atoms with Crippen molar-refractivity contribution < 1.29 is 4.79 Å². The fourth-order valence-electron chi connectivity index (χ4n) is 3.93. The van der Waals surface area contributed by atoms with Gasteiger partial charge in [-0.25, -0.2) is 4.68 Å². The topological polar surface area (TPSA) is 59.8 Å². The van der Waals surface area contributed by atoms with Gasteiger partial charge in [-0.1, -0.05) is 50.7 Å². The maximum Gasteiger partial charge on any atom is 0.227 e. The van der Waals surface area contributed by atoms with Gasteiger partial charge in [0.05, 0.1) is 12.0 Å². The number of nitrogens with one attached hydrogen (secondary N) is 1. The third-order valence-electron chi connectivity index (χ3n) is 5.04. The molecule has 2 aliphatic rings. The van der Waals surface area contributed by atoms with Crippen molar-refractivity contribution in [3.63, 3.8) is 0 Å². The molecule has 4 rings (SSSR count). The number of carbonyl (C=O) groups is 1. The molecule has 0 bridgehead atoms. The van der Waals surface area contributed by atoms with Crippen molar-refractivity contribution in [2.24, 2.45) is 11.3 Å². The van der Waals surface area contributed by atoms with E-state index < -0.39 is 0 Å². The second-order valence-corrected chi connectivity index (χ2v) is 9.76. The van der Waals surface area contributed by atoms with E-state index >= 15 is 0 Å². The highest BCUT2D eigenvalue weighted by molar-refractivity contribution is 7.99. The van der Waals surface area contributed by atoms with Crippen LogP contribution in [-0.4, -0.2) is 32.6 Å². The minimum Gasteiger partial charge on any atom is -0.328 e. The highest BCUT2D eigenvalue weighted by Gasteiger charge is 2.45. The first-order chi connectivity index (χ1) is 12.9. The number of hydrogen-bond donors (Lipinski definition) is 1. The summed E-state index contributed by atoms with van der Waals surface area (Å²) in [7, 11) is 0. The predicted molar refractivity (Wildman–Crippen MR) is 111 cm³/mol. The zero-order valence-corrected chi connectivity index (χ0v) is 17.7. The van der Waals surface area contributed by atoms with Gasteiger partial charge in [-0.2, -0.15) is 4.98 Å². The van der Waals surface area contributed by atoms with E-state index in [0.29, 0.717) is 6.42 Å². The molecule has 0 unspecified atom stereocenters. The van der Waals surface area contributed by atoms with Gasteiger partial charge in [0.15, 0.2) is 0 Å². The Morgan fingerprint density at radius 2 is 2.04 bits per heavy atom. The van der Waals surface area contributed by atoms with Gasteiger partial charge in [0.1, 0.15) is 5.78 Å². The lowest BCUT2D eigenvalue weighted by atomic mass is 9.72. The molecule has 2 heterocycles. The number of carbonyl (C=O) groups excluding carboxylic acids is 1. The van der Waals surface area contributed by atoms with Crippen molar-refractivity contribution >= 4 is 35.3 Å². The summed E-state index contributed by atoms with van der Waals surface area (Å²) in [6.45, 7) is 6.30. The van der Waals surface area contributed by atoms with Gasteiger partial charge in [-0.15, -0.1) is 16.9 Å². The van der Waals surface area contributed by atoms with Crippen LogP contribution in [0.2, 0.25) is 0 Å². The summed E-state index contributed by atoms with van der Waals surface area (Å²) in [4.78, 5) is 19.0. The number of aromatic nitrogens is 3. The minimum absolute atomic E-state index is 0.146. The molecule has 0 saturated carbocycles. The molecule has 2 aromatic rings. The molecule has 1 aliphatic heterocycles. The van der Waals surface area contributed by atoms with Crippen molar-refractivity contribution in [1.29, 1.82) is 0 Å². The van der Waals surface area contributed by atoms with E-state index in [1.54, 1.807) is 23.5 Å². The zero-order valence-electron chi connectivity index (χ0n) is 16.0. The number of anilines is 1. The number of allylic oxidation sites excluding steroid dienone is 2. The Labute approximate surface area is 168 Å². The number of hydrogen-bond acceptors (Lipinski definition) is 6. The van der Waals surface area contributed by atoms with E-state index in [0.717, 1.165) is 28.1 Å². The van der Waals surface area contributed by atoms with Crippen LogP contribution in [0.4, 0.5) is 5.95 Å². The lowest BCUT2D eigenvalue weighted by molar-refractivity contribution is -0.125. The van der Waals surface area contributed by atoms with Gasteiger partial charge in [-0.05, 0) is 35.1 Å². The van der Waals surface area contributed by atoms with Crippen LogP contribution in [-0.2, 0) is 4.79 Å². The number of benzene rings is 1. The monoisotopic (exact) mass is 400 g/mol. The summed E-state index contributed by atoms with van der Waals surface area (Å²) in [5.74, 6) is 1.65. The molecule has 0 saturated heterocycles. The Bertz CT molecular complexity index is 901. The van der Waals surface area contributed by atoms with Gasteiger partial charge in [0.25, 0.3) is 0 Å². The van der Waals surface area contributed by atoms with Crippen molar-refractivity contribution in [2.45, 2.75) is 43.3 Å². The van der Waals surface area contributed by atoms with Crippen LogP contribution in [0.15, 0.2) is 46.1 Å². The third kappa shape index (κ3) is 3.43. The third-order valence-corrected chi connectivity index (χ3v) is 6.50. The fraction of sp³-hybridized carbons (Fsp3) is 0.450. The Balaban J connectivity index is 1.86. The molecule has 1 N–H and O–H groups in total. The number of Topliss-reactive ketones (excluding diaryl/α,β-unsaturated/α-hetero) is 1. The molecule has 7 heteroatoms. The Morgan fingerprint density at radius 3 is 2.70 bits per heavy atom. The molecule has 27 heavy (non-hydrogen) atoms. The normalized spacial score (nSPS) is 23.3. The SMILES string of the molecule is CCSc1nc2n(n1)[C@@H](c1ccc(SC)cc1)[C@@H]1C(=O)CC(C)(C)C=C1N2. The highest BCUT2D eigenvalue weighted by atomic mass is 32.2.